The molecule has 86 valence electrons. The second-order valence-electron chi connectivity index (χ2n) is 2.65. The summed E-state index contributed by atoms with van der Waals surface area (Å²) in [5.74, 6) is 0. The molecule has 0 rings (SSSR count). The fourth-order valence-corrected chi connectivity index (χ4v) is 1.71. The van der Waals surface area contributed by atoms with Crippen LogP contribution in [0, 0.1) is 0 Å². The summed E-state index contributed by atoms with van der Waals surface area (Å²) in [7, 11) is -0.618. The molecule has 0 N–H and O–H groups in total. The third-order valence-electron chi connectivity index (χ3n) is 1.45. The highest BCUT2D eigenvalue weighted by Crippen LogP contribution is 2.17. The summed E-state index contributed by atoms with van der Waals surface area (Å²) in [4.78, 5) is 0. The predicted molar refractivity (Wildman–Crippen MR) is 57.7 cm³/mol. The van der Waals surface area contributed by atoms with Gasteiger partial charge in [-0.05, 0) is 26.8 Å². The van der Waals surface area contributed by atoms with Crippen LogP contribution in [0.3, 0.4) is 0 Å². The van der Waals surface area contributed by atoms with Crippen molar-refractivity contribution in [1.29, 1.82) is 0 Å². The summed E-state index contributed by atoms with van der Waals surface area (Å²) in [6.45, 7) is 9.30. The summed E-state index contributed by atoms with van der Waals surface area (Å²) in [5.41, 5.74) is 0. The van der Waals surface area contributed by atoms with Crippen molar-refractivity contribution in [2.75, 3.05) is 19.8 Å². The molecular weight excluding hydrogens is 200 g/mol. The van der Waals surface area contributed by atoms with E-state index < -0.39 is 15.9 Å². The van der Waals surface area contributed by atoms with Gasteiger partial charge >= 0.3 is 6.16 Å². The van der Waals surface area contributed by atoms with Crippen LogP contribution in [0.2, 0.25) is 6.04 Å². The van der Waals surface area contributed by atoms with Gasteiger partial charge in [-0.2, -0.15) is 0 Å². The molecule has 0 fully saturated rings. The van der Waals surface area contributed by atoms with Crippen LogP contribution in [0.1, 0.15) is 27.7 Å². The average molecular weight is 222 g/mol. The van der Waals surface area contributed by atoms with Gasteiger partial charge in [-0.3, -0.25) is 0 Å². The Hall–Kier alpha value is 0.0569. The van der Waals surface area contributed by atoms with Crippen molar-refractivity contribution in [1.82, 2.24) is 0 Å². The molecule has 0 radical (unpaired) electrons. The van der Waals surface area contributed by atoms with E-state index in [1.807, 2.05) is 20.8 Å². The lowest BCUT2D eigenvalue weighted by Gasteiger charge is -2.31. The first-order chi connectivity index (χ1) is 6.74. The predicted octanol–water partition coefficient (Wildman–Crippen LogP) is 1.25. The number of hydrogen-bond acceptors (Lipinski definition) is 4. The Morgan fingerprint density at radius 3 is 1.57 bits per heavy atom. The zero-order chi connectivity index (χ0) is 10.9. The maximum Gasteiger partial charge on any atom is 0.402 e. The third kappa shape index (κ3) is 5.07. The van der Waals surface area contributed by atoms with Gasteiger partial charge < -0.3 is 18.6 Å². The van der Waals surface area contributed by atoms with E-state index in [2.05, 4.69) is 6.92 Å². The Kier molecular flexibility index (Phi) is 8.41. The van der Waals surface area contributed by atoms with Crippen molar-refractivity contribution in [3.63, 3.8) is 0 Å². The molecule has 0 aromatic rings. The van der Waals surface area contributed by atoms with Crippen molar-refractivity contribution >= 4 is 9.76 Å². The van der Waals surface area contributed by atoms with Crippen LogP contribution in [0.25, 0.3) is 0 Å². The van der Waals surface area contributed by atoms with Gasteiger partial charge in [0.05, 0.1) is 19.8 Å². The molecule has 14 heavy (non-hydrogen) atoms. The van der Waals surface area contributed by atoms with Gasteiger partial charge in [0.25, 0.3) is 0 Å². The summed E-state index contributed by atoms with van der Waals surface area (Å²) in [6.07, 6.45) is -1.24. The Morgan fingerprint density at radius 2 is 1.29 bits per heavy atom. The van der Waals surface area contributed by atoms with Crippen LogP contribution in [0.15, 0.2) is 0 Å². The second kappa shape index (κ2) is 8.37. The largest absolute Gasteiger partial charge is 0.402 e. The monoisotopic (exact) mass is 222 g/mol. The zero-order valence-electron chi connectivity index (χ0n) is 9.67. The van der Waals surface area contributed by atoms with Gasteiger partial charge in [0.15, 0.2) is 9.76 Å². The second-order valence-corrected chi connectivity index (χ2v) is 4.34. The lowest BCUT2D eigenvalue weighted by Crippen LogP contribution is -2.43. The molecule has 0 saturated carbocycles. The molecule has 0 heterocycles. The van der Waals surface area contributed by atoms with Crippen LogP contribution in [0.4, 0.5) is 0 Å². The maximum absolute atomic E-state index is 5.57. The fourth-order valence-electron chi connectivity index (χ4n) is 1.01. The quantitative estimate of drug-likeness (QED) is 0.434. The number of rotatable bonds is 9. The number of ether oxygens (including phenoxy) is 3. The summed E-state index contributed by atoms with van der Waals surface area (Å²) in [6, 6.07) is 1.04. The van der Waals surface area contributed by atoms with Crippen LogP contribution < -0.4 is 0 Å². The van der Waals surface area contributed by atoms with Gasteiger partial charge in [0.1, 0.15) is 0 Å². The molecule has 0 bridgehead atoms. The van der Waals surface area contributed by atoms with Gasteiger partial charge in [0.2, 0.25) is 0 Å². The molecule has 5 heteroatoms. The molecule has 4 nitrogen and oxygen atoms in total. The standard InChI is InChI=1S/C9H22O4Si/c1-5-10-9(11-6-2,12-7-3)13-14-8-4/h5-8,14H2,1-4H3. The highest BCUT2D eigenvalue weighted by molar-refractivity contribution is 6.26. The normalized spacial score (nSPS) is 12.9. The Balaban J connectivity index is 4.21. The molecule has 0 saturated heterocycles. The SMILES string of the molecule is CCOC(OCC)(OCC)O[SiH2]CC. The molecule has 0 aromatic carbocycles. The van der Waals surface area contributed by atoms with E-state index >= 15 is 0 Å². The summed E-state index contributed by atoms with van der Waals surface area (Å²) >= 11 is 0. The number of hydrogen-bond donors (Lipinski definition) is 0. The Bertz CT molecular complexity index is 115. The minimum atomic E-state index is -1.24. The van der Waals surface area contributed by atoms with Crippen LogP contribution in [-0.2, 0) is 18.6 Å². The zero-order valence-corrected chi connectivity index (χ0v) is 11.1. The van der Waals surface area contributed by atoms with E-state index in [1.165, 1.54) is 0 Å². The molecule has 0 unspecified atom stereocenters. The lowest BCUT2D eigenvalue weighted by atomic mass is 10.8. The van der Waals surface area contributed by atoms with Crippen LogP contribution >= 0.6 is 0 Å². The highest BCUT2D eigenvalue weighted by Gasteiger charge is 2.33. The van der Waals surface area contributed by atoms with Crippen molar-refractivity contribution in [2.24, 2.45) is 0 Å². The van der Waals surface area contributed by atoms with Crippen LogP contribution in [-0.4, -0.2) is 35.7 Å². The highest BCUT2D eigenvalue weighted by atomic mass is 28.2. The first-order valence-corrected chi connectivity index (χ1v) is 6.88. The lowest BCUT2D eigenvalue weighted by molar-refractivity contribution is -0.469. The van der Waals surface area contributed by atoms with Crippen molar-refractivity contribution in [3.8, 4) is 0 Å². The molecule has 0 aromatic heterocycles. The summed E-state index contributed by atoms with van der Waals surface area (Å²) in [5, 5.41) is 0. The molecule has 0 atom stereocenters. The van der Waals surface area contributed by atoms with Gasteiger partial charge in [-0.1, -0.05) is 6.92 Å². The molecule has 0 spiro atoms. The van der Waals surface area contributed by atoms with Gasteiger partial charge in [0, 0.05) is 0 Å². The van der Waals surface area contributed by atoms with Gasteiger partial charge in [-0.25, -0.2) is 0 Å². The van der Waals surface area contributed by atoms with Crippen molar-refractivity contribution in [3.05, 3.63) is 0 Å². The van der Waals surface area contributed by atoms with E-state index in [9.17, 15) is 0 Å². The van der Waals surface area contributed by atoms with Crippen LogP contribution in [0.5, 0.6) is 0 Å². The topological polar surface area (TPSA) is 36.9 Å². The molecule has 0 aliphatic rings. The Labute approximate surface area is 88.8 Å². The first kappa shape index (κ1) is 14.1. The van der Waals surface area contributed by atoms with E-state index in [1.54, 1.807) is 0 Å². The maximum atomic E-state index is 5.57. The van der Waals surface area contributed by atoms with E-state index in [0.29, 0.717) is 19.8 Å². The van der Waals surface area contributed by atoms with Crippen molar-refractivity contribution < 1.29 is 18.6 Å². The minimum Gasteiger partial charge on any atom is -0.353 e. The van der Waals surface area contributed by atoms with Crippen molar-refractivity contribution in [2.45, 2.75) is 39.9 Å². The Morgan fingerprint density at radius 1 is 0.857 bits per heavy atom. The smallest absolute Gasteiger partial charge is 0.353 e. The summed E-state index contributed by atoms with van der Waals surface area (Å²) < 4.78 is 21.7. The molecule has 0 aliphatic heterocycles. The van der Waals surface area contributed by atoms with E-state index in [0.717, 1.165) is 6.04 Å². The van der Waals surface area contributed by atoms with E-state index in [-0.39, 0.29) is 0 Å². The third-order valence-corrected chi connectivity index (χ3v) is 2.41. The molecule has 0 aliphatic carbocycles. The fraction of sp³-hybridized carbons (Fsp3) is 1.00. The first-order valence-electron chi connectivity index (χ1n) is 5.30. The minimum absolute atomic E-state index is 0.512. The van der Waals surface area contributed by atoms with E-state index in [4.69, 9.17) is 18.6 Å². The molecule has 0 amide bonds. The average Bonchev–Trinajstić information content (AvgIpc) is 2.16. The van der Waals surface area contributed by atoms with Gasteiger partial charge in [-0.15, -0.1) is 0 Å². The molecular formula is C9H22O4Si.